The highest BCUT2D eigenvalue weighted by atomic mass is 35.5. The average Bonchev–Trinajstić information content (AvgIpc) is 2.15. The summed E-state index contributed by atoms with van der Waals surface area (Å²) in [7, 11) is 1.24. The topological polar surface area (TPSA) is 39.2 Å². The molecule has 0 N–H and O–H groups in total. The van der Waals surface area contributed by atoms with Gasteiger partial charge in [-0.1, -0.05) is 0 Å². The van der Waals surface area contributed by atoms with E-state index >= 15 is 0 Å². The summed E-state index contributed by atoms with van der Waals surface area (Å²) in [5.74, 6) is -0.0819. The molecule has 0 fully saturated rings. The summed E-state index contributed by atoms with van der Waals surface area (Å²) in [6, 6.07) is 1.32. The highest BCUT2D eigenvalue weighted by molar-refractivity contribution is 6.67. The first-order valence-electron chi connectivity index (χ1n) is 4.01. The van der Waals surface area contributed by atoms with Crippen LogP contribution in [0.2, 0.25) is 0 Å². The quantitative estimate of drug-likeness (QED) is 0.756. The molecule has 0 unspecified atom stereocenters. The first-order valence-corrected chi connectivity index (χ1v) is 4.38. The molecule has 0 saturated heterocycles. The van der Waals surface area contributed by atoms with Gasteiger partial charge in [0.15, 0.2) is 0 Å². The zero-order chi connectivity index (χ0) is 11.6. The molecule has 0 amide bonds. The minimum Gasteiger partial charge on any atom is -0.496 e. The zero-order valence-electron chi connectivity index (χ0n) is 8.05. The Kier molecular flexibility index (Phi) is 3.57. The van der Waals surface area contributed by atoms with Crippen molar-refractivity contribution < 1.29 is 18.3 Å². The molecule has 1 rings (SSSR count). The molecule has 0 atom stereocenters. The fourth-order valence-electron chi connectivity index (χ4n) is 1.18. The van der Waals surface area contributed by atoms with Crippen molar-refractivity contribution >= 4 is 16.8 Å². The lowest BCUT2D eigenvalue weighted by Gasteiger charge is -2.11. The highest BCUT2D eigenvalue weighted by Gasteiger charge is 2.24. The van der Waals surface area contributed by atoms with Crippen LogP contribution in [0.3, 0.4) is 0 Å². The van der Waals surface area contributed by atoms with Gasteiger partial charge < -0.3 is 4.74 Å². The molecule has 0 saturated carbocycles. The summed E-state index contributed by atoms with van der Waals surface area (Å²) >= 11 is 5.16. The third kappa shape index (κ3) is 2.41. The Labute approximate surface area is 90.0 Å². The predicted octanol–water partition coefficient (Wildman–Crippen LogP) is 2.72. The molecular formula is C9H8ClF2NO2. The first-order chi connectivity index (χ1) is 6.97. The van der Waals surface area contributed by atoms with Crippen LogP contribution in [0.5, 0.6) is 5.75 Å². The molecule has 1 heterocycles. The van der Waals surface area contributed by atoms with Gasteiger partial charge in [-0.3, -0.25) is 4.79 Å². The standard InChI is InChI=1S/C9H8ClF2NO2/c1-4-3-5(15-2)6(9(11)12)7(13-4)8(10)14/h3,9H,1-2H3. The number of hydrogen-bond donors (Lipinski definition) is 0. The Hall–Kier alpha value is -1.23. The number of ether oxygens (including phenoxy) is 1. The van der Waals surface area contributed by atoms with E-state index < -0.39 is 22.9 Å². The number of pyridine rings is 1. The fourth-order valence-corrected chi connectivity index (χ4v) is 1.33. The van der Waals surface area contributed by atoms with E-state index in [0.29, 0.717) is 5.69 Å². The van der Waals surface area contributed by atoms with E-state index in [1.807, 2.05) is 0 Å². The van der Waals surface area contributed by atoms with Crippen LogP contribution in [0.15, 0.2) is 6.07 Å². The molecule has 82 valence electrons. The van der Waals surface area contributed by atoms with Crippen LogP contribution < -0.4 is 4.74 Å². The Morgan fingerprint density at radius 1 is 1.60 bits per heavy atom. The fraction of sp³-hybridized carbons (Fsp3) is 0.333. The van der Waals surface area contributed by atoms with Gasteiger partial charge in [0, 0.05) is 11.8 Å². The predicted molar refractivity (Wildman–Crippen MR) is 50.7 cm³/mol. The number of hydrogen-bond acceptors (Lipinski definition) is 3. The second-order valence-corrected chi connectivity index (χ2v) is 3.15. The molecule has 0 bridgehead atoms. The van der Waals surface area contributed by atoms with Crippen molar-refractivity contribution in [1.82, 2.24) is 4.98 Å². The largest absolute Gasteiger partial charge is 0.496 e. The lowest BCUT2D eigenvalue weighted by atomic mass is 10.1. The van der Waals surface area contributed by atoms with Crippen LogP contribution in [0.25, 0.3) is 0 Å². The van der Waals surface area contributed by atoms with Crippen molar-refractivity contribution in [1.29, 1.82) is 0 Å². The van der Waals surface area contributed by atoms with Gasteiger partial charge in [-0.25, -0.2) is 13.8 Å². The highest BCUT2D eigenvalue weighted by Crippen LogP contribution is 2.32. The molecule has 0 aliphatic carbocycles. The van der Waals surface area contributed by atoms with Crippen LogP contribution in [0.1, 0.15) is 28.2 Å². The molecule has 1 aromatic heterocycles. The summed E-state index contributed by atoms with van der Waals surface area (Å²) in [6.07, 6.45) is -2.86. The van der Waals surface area contributed by atoms with Gasteiger partial charge in [-0.05, 0) is 18.5 Å². The van der Waals surface area contributed by atoms with Crippen molar-refractivity contribution in [2.75, 3.05) is 7.11 Å². The van der Waals surface area contributed by atoms with Crippen molar-refractivity contribution in [2.24, 2.45) is 0 Å². The monoisotopic (exact) mass is 235 g/mol. The molecule has 0 aliphatic heterocycles. The number of rotatable bonds is 3. The lowest BCUT2D eigenvalue weighted by Crippen LogP contribution is -2.06. The van der Waals surface area contributed by atoms with Crippen molar-refractivity contribution in [3.05, 3.63) is 23.0 Å². The molecule has 0 spiro atoms. The Morgan fingerprint density at radius 3 is 2.60 bits per heavy atom. The molecule has 0 aliphatic rings. The lowest BCUT2D eigenvalue weighted by molar-refractivity contribution is 0.105. The van der Waals surface area contributed by atoms with Crippen molar-refractivity contribution in [2.45, 2.75) is 13.3 Å². The third-order valence-corrected chi connectivity index (χ3v) is 1.95. The number of carbonyl (C=O) groups excluding carboxylic acids is 1. The molecule has 0 aromatic carbocycles. The molecule has 3 nitrogen and oxygen atoms in total. The number of alkyl halides is 2. The van der Waals surface area contributed by atoms with E-state index in [0.717, 1.165) is 0 Å². The summed E-state index contributed by atoms with van der Waals surface area (Å²) in [6.45, 7) is 1.56. The normalized spacial score (nSPS) is 10.5. The van der Waals surface area contributed by atoms with Crippen LogP contribution in [0.4, 0.5) is 8.78 Å². The SMILES string of the molecule is COc1cc(C)nc(C(=O)Cl)c1C(F)F. The minimum atomic E-state index is -2.86. The van der Waals surface area contributed by atoms with Gasteiger partial charge >= 0.3 is 0 Å². The average molecular weight is 236 g/mol. The minimum absolute atomic E-state index is 0.0819. The number of nitrogens with zero attached hydrogens (tertiary/aromatic N) is 1. The molecule has 0 radical (unpaired) electrons. The third-order valence-electron chi connectivity index (χ3n) is 1.77. The smallest absolute Gasteiger partial charge is 0.271 e. The van der Waals surface area contributed by atoms with Crippen LogP contribution in [0, 0.1) is 6.92 Å². The Morgan fingerprint density at radius 2 is 2.20 bits per heavy atom. The number of methoxy groups -OCH3 is 1. The maximum Gasteiger partial charge on any atom is 0.271 e. The van der Waals surface area contributed by atoms with Gasteiger partial charge in [0.2, 0.25) is 0 Å². The Bertz CT molecular complexity index is 396. The van der Waals surface area contributed by atoms with Gasteiger partial charge in [0.05, 0.1) is 12.7 Å². The van der Waals surface area contributed by atoms with E-state index in [1.54, 1.807) is 6.92 Å². The number of aryl methyl sites for hydroxylation is 1. The maximum absolute atomic E-state index is 12.6. The number of halogens is 3. The summed E-state index contributed by atoms with van der Waals surface area (Å²) in [4.78, 5) is 14.6. The first kappa shape index (κ1) is 11.8. The van der Waals surface area contributed by atoms with Gasteiger partial charge in [-0.15, -0.1) is 0 Å². The van der Waals surface area contributed by atoms with Crippen molar-refractivity contribution in [3.8, 4) is 5.75 Å². The van der Waals surface area contributed by atoms with E-state index in [2.05, 4.69) is 4.98 Å². The van der Waals surface area contributed by atoms with Gasteiger partial charge in [-0.2, -0.15) is 0 Å². The summed E-state index contributed by atoms with van der Waals surface area (Å²) in [5.41, 5.74) is -0.633. The number of carbonyl (C=O) groups is 1. The van der Waals surface area contributed by atoms with E-state index in [4.69, 9.17) is 16.3 Å². The van der Waals surface area contributed by atoms with Gasteiger partial charge in [0.25, 0.3) is 11.7 Å². The molecule has 1 aromatic rings. The van der Waals surface area contributed by atoms with E-state index in [1.165, 1.54) is 13.2 Å². The Balaban J connectivity index is 3.47. The molecule has 15 heavy (non-hydrogen) atoms. The van der Waals surface area contributed by atoms with E-state index in [-0.39, 0.29) is 5.75 Å². The molecular weight excluding hydrogens is 228 g/mol. The summed E-state index contributed by atoms with van der Waals surface area (Å²) < 4.78 is 30.0. The van der Waals surface area contributed by atoms with E-state index in [9.17, 15) is 13.6 Å². The van der Waals surface area contributed by atoms with Crippen molar-refractivity contribution in [3.63, 3.8) is 0 Å². The zero-order valence-corrected chi connectivity index (χ0v) is 8.81. The second kappa shape index (κ2) is 4.53. The van der Waals surface area contributed by atoms with Crippen LogP contribution >= 0.6 is 11.6 Å². The molecule has 6 heteroatoms. The van der Waals surface area contributed by atoms with Gasteiger partial charge in [0.1, 0.15) is 11.4 Å². The van der Waals surface area contributed by atoms with Crippen LogP contribution in [-0.4, -0.2) is 17.3 Å². The second-order valence-electron chi connectivity index (χ2n) is 2.80. The van der Waals surface area contributed by atoms with Crippen LogP contribution in [-0.2, 0) is 0 Å². The number of aromatic nitrogens is 1. The maximum atomic E-state index is 12.6. The summed E-state index contributed by atoms with van der Waals surface area (Å²) in [5, 5.41) is -1.02.